The SMILES string of the molecule is NCC1CC(NCc2cccc3c2C(=O)N(C2CCC(=O)NC2=O)C3)C1. The number of hydrogen-bond donors (Lipinski definition) is 3. The van der Waals surface area contributed by atoms with Gasteiger partial charge in [0.25, 0.3) is 5.91 Å². The van der Waals surface area contributed by atoms with Gasteiger partial charge < -0.3 is 16.0 Å². The number of rotatable bonds is 5. The molecule has 1 unspecified atom stereocenters. The number of imide groups is 1. The molecule has 1 saturated carbocycles. The van der Waals surface area contributed by atoms with Crippen molar-refractivity contribution in [2.75, 3.05) is 6.54 Å². The van der Waals surface area contributed by atoms with Gasteiger partial charge in [0, 0.05) is 31.1 Å². The van der Waals surface area contributed by atoms with Crippen molar-refractivity contribution in [2.24, 2.45) is 11.7 Å². The number of amides is 3. The number of nitrogens with zero attached hydrogens (tertiary/aromatic N) is 1. The Labute approximate surface area is 152 Å². The standard InChI is InChI=1S/C19H24N4O3/c20-8-11-6-14(7-11)21-9-12-2-1-3-13-10-23(19(26)17(12)13)15-4-5-16(24)22-18(15)25/h1-3,11,14-15,21H,4-10,20H2,(H,22,24,25). The van der Waals surface area contributed by atoms with Gasteiger partial charge in [-0.2, -0.15) is 0 Å². The third kappa shape index (κ3) is 3.01. The Kier molecular flexibility index (Phi) is 4.50. The van der Waals surface area contributed by atoms with Gasteiger partial charge in [-0.15, -0.1) is 0 Å². The zero-order valence-electron chi connectivity index (χ0n) is 14.7. The second-order valence-electron chi connectivity index (χ2n) is 7.50. The van der Waals surface area contributed by atoms with Crippen LogP contribution < -0.4 is 16.4 Å². The van der Waals surface area contributed by atoms with Crippen LogP contribution in [0, 0.1) is 5.92 Å². The van der Waals surface area contributed by atoms with Gasteiger partial charge in [-0.1, -0.05) is 18.2 Å². The van der Waals surface area contributed by atoms with Crippen molar-refractivity contribution >= 4 is 17.7 Å². The van der Waals surface area contributed by atoms with Gasteiger partial charge in [0.05, 0.1) is 0 Å². The molecule has 138 valence electrons. The average Bonchev–Trinajstić information content (AvgIpc) is 2.91. The van der Waals surface area contributed by atoms with E-state index >= 15 is 0 Å². The Morgan fingerprint density at radius 3 is 2.77 bits per heavy atom. The summed E-state index contributed by atoms with van der Waals surface area (Å²) in [4.78, 5) is 38.1. The van der Waals surface area contributed by atoms with Gasteiger partial charge in [0.2, 0.25) is 11.8 Å². The molecule has 1 aromatic rings. The molecule has 1 aromatic carbocycles. The number of hydrogen-bond acceptors (Lipinski definition) is 5. The highest BCUT2D eigenvalue weighted by Crippen LogP contribution is 2.31. The van der Waals surface area contributed by atoms with Gasteiger partial charge >= 0.3 is 0 Å². The summed E-state index contributed by atoms with van der Waals surface area (Å²) in [6.07, 6.45) is 2.83. The predicted molar refractivity (Wildman–Crippen MR) is 94.9 cm³/mol. The third-order valence-electron chi connectivity index (χ3n) is 5.79. The molecule has 1 aliphatic carbocycles. The van der Waals surface area contributed by atoms with Crippen LogP contribution in [0.4, 0.5) is 0 Å². The maximum atomic E-state index is 13.0. The molecule has 26 heavy (non-hydrogen) atoms. The molecule has 0 radical (unpaired) electrons. The lowest BCUT2D eigenvalue weighted by molar-refractivity contribution is -0.136. The van der Waals surface area contributed by atoms with E-state index in [1.807, 2.05) is 18.2 Å². The molecule has 2 aliphatic heterocycles. The first-order valence-electron chi connectivity index (χ1n) is 9.25. The molecule has 7 nitrogen and oxygen atoms in total. The molecular formula is C19H24N4O3. The fourth-order valence-corrected chi connectivity index (χ4v) is 4.19. The highest BCUT2D eigenvalue weighted by molar-refractivity contribution is 6.05. The molecule has 4 rings (SSSR count). The monoisotopic (exact) mass is 356 g/mol. The van der Waals surface area contributed by atoms with E-state index in [2.05, 4.69) is 10.6 Å². The van der Waals surface area contributed by atoms with Crippen molar-refractivity contribution in [3.8, 4) is 0 Å². The van der Waals surface area contributed by atoms with Crippen LogP contribution in [0.2, 0.25) is 0 Å². The minimum Gasteiger partial charge on any atom is -0.330 e. The number of carbonyl (C=O) groups excluding carboxylic acids is 3. The van der Waals surface area contributed by atoms with Crippen molar-refractivity contribution in [3.63, 3.8) is 0 Å². The molecule has 2 heterocycles. The van der Waals surface area contributed by atoms with Crippen molar-refractivity contribution in [3.05, 3.63) is 34.9 Å². The van der Waals surface area contributed by atoms with E-state index in [-0.39, 0.29) is 24.1 Å². The smallest absolute Gasteiger partial charge is 0.255 e. The van der Waals surface area contributed by atoms with Crippen molar-refractivity contribution < 1.29 is 14.4 Å². The topological polar surface area (TPSA) is 105 Å². The van der Waals surface area contributed by atoms with Crippen LogP contribution in [0.25, 0.3) is 0 Å². The summed E-state index contributed by atoms with van der Waals surface area (Å²) in [7, 11) is 0. The van der Waals surface area contributed by atoms with Gasteiger partial charge in [-0.25, -0.2) is 0 Å². The third-order valence-corrected chi connectivity index (χ3v) is 5.79. The van der Waals surface area contributed by atoms with Gasteiger partial charge in [0.15, 0.2) is 0 Å². The molecule has 2 fully saturated rings. The average molecular weight is 356 g/mol. The normalized spacial score (nSPS) is 28.0. The molecule has 0 bridgehead atoms. The van der Waals surface area contributed by atoms with Crippen molar-refractivity contribution in [2.45, 2.75) is 50.9 Å². The van der Waals surface area contributed by atoms with Gasteiger partial charge in [-0.05, 0) is 42.9 Å². The summed E-state index contributed by atoms with van der Waals surface area (Å²) in [6.45, 7) is 1.80. The number of carbonyl (C=O) groups is 3. The van der Waals surface area contributed by atoms with Crippen LogP contribution in [0.15, 0.2) is 18.2 Å². The highest BCUT2D eigenvalue weighted by atomic mass is 16.2. The lowest BCUT2D eigenvalue weighted by atomic mass is 9.80. The lowest BCUT2D eigenvalue weighted by Crippen LogP contribution is -2.52. The molecule has 1 atom stereocenters. The summed E-state index contributed by atoms with van der Waals surface area (Å²) < 4.78 is 0. The summed E-state index contributed by atoms with van der Waals surface area (Å²) >= 11 is 0. The Morgan fingerprint density at radius 1 is 1.23 bits per heavy atom. The molecular weight excluding hydrogens is 332 g/mol. The minimum atomic E-state index is -0.564. The molecule has 3 aliphatic rings. The van der Waals surface area contributed by atoms with Crippen molar-refractivity contribution in [1.82, 2.24) is 15.5 Å². The number of piperidine rings is 1. The summed E-state index contributed by atoms with van der Waals surface area (Å²) in [5.41, 5.74) is 8.30. The Hall–Kier alpha value is -2.25. The van der Waals surface area contributed by atoms with E-state index in [1.165, 1.54) is 0 Å². The first-order chi connectivity index (χ1) is 12.6. The molecule has 3 amide bonds. The first kappa shape index (κ1) is 17.2. The summed E-state index contributed by atoms with van der Waals surface area (Å²) in [6, 6.07) is 5.76. The zero-order chi connectivity index (χ0) is 18.3. The van der Waals surface area contributed by atoms with E-state index in [1.54, 1.807) is 4.90 Å². The molecule has 4 N–H and O–H groups in total. The van der Waals surface area contributed by atoms with Crippen LogP contribution in [0.3, 0.4) is 0 Å². The first-order valence-corrected chi connectivity index (χ1v) is 9.25. The quantitative estimate of drug-likeness (QED) is 0.657. The van der Waals surface area contributed by atoms with Crippen molar-refractivity contribution in [1.29, 1.82) is 0 Å². The lowest BCUT2D eigenvalue weighted by Gasteiger charge is -2.35. The Morgan fingerprint density at radius 2 is 2.04 bits per heavy atom. The van der Waals surface area contributed by atoms with E-state index in [4.69, 9.17) is 5.73 Å². The van der Waals surface area contributed by atoms with Crippen LogP contribution in [-0.4, -0.2) is 41.2 Å². The molecule has 0 spiro atoms. The number of nitrogens with one attached hydrogen (secondary N) is 2. The summed E-state index contributed by atoms with van der Waals surface area (Å²) in [5.74, 6) is -0.139. The van der Waals surface area contributed by atoms with E-state index in [0.717, 1.165) is 30.5 Å². The number of nitrogens with two attached hydrogens (primary N) is 1. The second-order valence-corrected chi connectivity index (χ2v) is 7.50. The number of fused-ring (bicyclic) bond motifs is 1. The van der Waals surface area contributed by atoms with E-state index in [9.17, 15) is 14.4 Å². The molecule has 1 saturated heterocycles. The van der Waals surface area contributed by atoms with E-state index < -0.39 is 6.04 Å². The predicted octanol–water partition coefficient (Wildman–Crippen LogP) is 0.275. The largest absolute Gasteiger partial charge is 0.330 e. The maximum Gasteiger partial charge on any atom is 0.255 e. The van der Waals surface area contributed by atoms with Crippen LogP contribution >= 0.6 is 0 Å². The molecule has 7 heteroatoms. The Bertz CT molecular complexity index is 757. The highest BCUT2D eigenvalue weighted by Gasteiger charge is 2.40. The fraction of sp³-hybridized carbons (Fsp3) is 0.526. The number of benzene rings is 1. The van der Waals surface area contributed by atoms with Gasteiger partial charge in [0.1, 0.15) is 6.04 Å². The molecule has 0 aromatic heterocycles. The fourth-order valence-electron chi connectivity index (χ4n) is 4.19. The van der Waals surface area contributed by atoms with Crippen LogP contribution in [-0.2, 0) is 22.7 Å². The van der Waals surface area contributed by atoms with Crippen LogP contribution in [0.5, 0.6) is 0 Å². The maximum absolute atomic E-state index is 13.0. The second kappa shape index (κ2) is 6.81. The Balaban J connectivity index is 1.46. The van der Waals surface area contributed by atoms with Crippen LogP contribution in [0.1, 0.15) is 47.2 Å². The van der Waals surface area contributed by atoms with E-state index in [0.29, 0.717) is 37.0 Å². The summed E-state index contributed by atoms with van der Waals surface area (Å²) in [5, 5.41) is 5.85. The zero-order valence-corrected chi connectivity index (χ0v) is 14.7. The van der Waals surface area contributed by atoms with Gasteiger partial charge in [-0.3, -0.25) is 19.7 Å². The minimum absolute atomic E-state index is 0.111.